The lowest BCUT2D eigenvalue weighted by molar-refractivity contribution is 0.0174. The first-order valence-corrected chi connectivity index (χ1v) is 13.6. The van der Waals surface area contributed by atoms with Crippen LogP contribution in [0.3, 0.4) is 0 Å². The lowest BCUT2D eigenvalue weighted by atomic mass is 9.99. The smallest absolute Gasteiger partial charge is 0.270 e. The molecule has 1 aromatic heterocycles. The van der Waals surface area contributed by atoms with Crippen molar-refractivity contribution in [1.82, 2.24) is 4.98 Å². The average molecular weight is 548 g/mol. The second-order valence-electron chi connectivity index (χ2n) is 10.4. The molecule has 6 heteroatoms. The number of alkyl halides is 2. The minimum atomic E-state index is -2.84. The molecule has 0 aliphatic rings. The van der Waals surface area contributed by atoms with Crippen molar-refractivity contribution >= 4 is 5.78 Å². The van der Waals surface area contributed by atoms with E-state index in [1.54, 1.807) is 12.1 Å². The molecule has 3 aromatic carbocycles. The monoisotopic (exact) mass is 547 g/mol. The highest BCUT2D eigenvalue weighted by Gasteiger charge is 2.23. The Hall–Kier alpha value is -3.80. The van der Waals surface area contributed by atoms with Gasteiger partial charge in [-0.25, -0.2) is 22.5 Å². The molecule has 0 unspecified atom stereocenters. The van der Waals surface area contributed by atoms with E-state index in [0.717, 1.165) is 41.3 Å². The molecule has 0 saturated carbocycles. The van der Waals surface area contributed by atoms with Gasteiger partial charge >= 0.3 is 0 Å². The minimum Gasteiger partial charge on any atom is -0.292 e. The molecule has 0 atom stereocenters. The van der Waals surface area contributed by atoms with E-state index in [4.69, 9.17) is 0 Å². The van der Waals surface area contributed by atoms with Gasteiger partial charge in [-0.05, 0) is 85.9 Å². The predicted molar refractivity (Wildman–Crippen MR) is 150 cm³/mol. The third kappa shape index (κ3) is 7.87. The van der Waals surface area contributed by atoms with Crippen molar-refractivity contribution in [2.45, 2.75) is 64.7 Å². The zero-order chi connectivity index (χ0) is 28.7. The van der Waals surface area contributed by atoms with E-state index in [9.17, 15) is 22.4 Å². The van der Waals surface area contributed by atoms with Crippen LogP contribution < -0.4 is 0 Å². The molecule has 0 N–H and O–H groups in total. The van der Waals surface area contributed by atoms with Crippen LogP contribution in [0.2, 0.25) is 0 Å². The molecule has 0 radical (unpaired) electrons. The van der Waals surface area contributed by atoms with E-state index < -0.39 is 17.6 Å². The van der Waals surface area contributed by atoms with E-state index in [-0.39, 0.29) is 23.3 Å². The Balaban J connectivity index is 1.26. The fourth-order valence-corrected chi connectivity index (χ4v) is 4.75. The SMILES string of the molecule is Cc1ccc(CCCc2c(F)cccc2F)nc1C(=O)CCCc1ccc(Cc2ccc(C(C)(F)F)cc2)cc1. The lowest BCUT2D eigenvalue weighted by Crippen LogP contribution is -2.08. The van der Waals surface area contributed by atoms with Crippen LogP contribution in [-0.4, -0.2) is 10.8 Å². The summed E-state index contributed by atoms with van der Waals surface area (Å²) >= 11 is 0. The van der Waals surface area contributed by atoms with Crippen molar-refractivity contribution in [2.75, 3.05) is 0 Å². The molecular formula is C34H33F4NO. The first-order chi connectivity index (χ1) is 19.1. The first-order valence-electron chi connectivity index (χ1n) is 13.6. The fourth-order valence-electron chi connectivity index (χ4n) is 4.75. The van der Waals surface area contributed by atoms with E-state index in [0.29, 0.717) is 37.8 Å². The van der Waals surface area contributed by atoms with Crippen LogP contribution in [0.4, 0.5) is 17.6 Å². The van der Waals surface area contributed by atoms with E-state index >= 15 is 0 Å². The molecule has 0 spiro atoms. The van der Waals surface area contributed by atoms with Crippen molar-refractivity contribution in [3.8, 4) is 0 Å². The van der Waals surface area contributed by atoms with Crippen molar-refractivity contribution in [2.24, 2.45) is 0 Å². The maximum Gasteiger partial charge on any atom is 0.270 e. The van der Waals surface area contributed by atoms with Gasteiger partial charge in [-0.3, -0.25) is 4.79 Å². The number of nitrogens with zero attached hydrogens (tertiary/aromatic N) is 1. The number of benzene rings is 3. The molecule has 40 heavy (non-hydrogen) atoms. The average Bonchev–Trinajstić information content (AvgIpc) is 2.92. The highest BCUT2D eigenvalue weighted by Crippen LogP contribution is 2.27. The summed E-state index contributed by atoms with van der Waals surface area (Å²) in [5.41, 5.74) is 5.27. The summed E-state index contributed by atoms with van der Waals surface area (Å²) in [7, 11) is 0. The number of aryl methyl sites for hydroxylation is 3. The first kappa shape index (κ1) is 29.2. The van der Waals surface area contributed by atoms with Gasteiger partial charge in [-0.15, -0.1) is 0 Å². The molecule has 1 heterocycles. The van der Waals surface area contributed by atoms with Gasteiger partial charge in [0, 0.05) is 30.2 Å². The van der Waals surface area contributed by atoms with Crippen LogP contribution in [0, 0.1) is 18.6 Å². The van der Waals surface area contributed by atoms with Crippen LogP contribution in [-0.2, 0) is 31.6 Å². The van der Waals surface area contributed by atoms with Crippen LogP contribution in [0.1, 0.15) is 75.7 Å². The number of carbonyl (C=O) groups is 1. The second kappa shape index (κ2) is 13.0. The molecule has 0 aliphatic carbocycles. The summed E-state index contributed by atoms with van der Waals surface area (Å²) in [5, 5.41) is 0. The Morgan fingerprint density at radius 2 is 1.35 bits per heavy atom. The molecule has 0 bridgehead atoms. The van der Waals surface area contributed by atoms with Crippen LogP contribution in [0.15, 0.2) is 78.9 Å². The maximum absolute atomic E-state index is 13.9. The molecule has 0 aliphatic heterocycles. The minimum absolute atomic E-state index is 0.00897. The van der Waals surface area contributed by atoms with Crippen LogP contribution in [0.5, 0.6) is 0 Å². The molecule has 2 nitrogen and oxygen atoms in total. The normalized spacial score (nSPS) is 11.6. The Kier molecular flexibility index (Phi) is 9.51. The van der Waals surface area contributed by atoms with E-state index in [1.807, 2.05) is 43.3 Å². The Bertz CT molecular complexity index is 1420. The standard InChI is InChI=1S/C34H33F4NO/c1-23-12-21-28(7-4-8-29-30(35)9-5-10-31(29)36)39-33(23)32(40)11-3-6-24-13-15-25(16-14-24)22-26-17-19-27(20-18-26)34(2,37)38/h5,9-10,12-21H,3-4,6-8,11,22H2,1-2H3. The quantitative estimate of drug-likeness (QED) is 0.131. The van der Waals surface area contributed by atoms with Crippen molar-refractivity contribution in [1.29, 1.82) is 0 Å². The van der Waals surface area contributed by atoms with Gasteiger partial charge < -0.3 is 0 Å². The Morgan fingerprint density at radius 1 is 0.750 bits per heavy atom. The van der Waals surface area contributed by atoms with Gasteiger partial charge in [-0.2, -0.15) is 0 Å². The van der Waals surface area contributed by atoms with E-state index in [2.05, 4.69) is 4.98 Å². The van der Waals surface area contributed by atoms with Gasteiger partial charge in [0.1, 0.15) is 17.3 Å². The van der Waals surface area contributed by atoms with Crippen LogP contribution >= 0.6 is 0 Å². The summed E-state index contributed by atoms with van der Waals surface area (Å²) in [6, 6.07) is 22.2. The van der Waals surface area contributed by atoms with Gasteiger partial charge in [0.25, 0.3) is 5.92 Å². The number of pyridine rings is 1. The number of hydrogen-bond acceptors (Lipinski definition) is 2. The molecular weight excluding hydrogens is 514 g/mol. The Labute approximate surface area is 233 Å². The number of hydrogen-bond donors (Lipinski definition) is 0. The largest absolute Gasteiger partial charge is 0.292 e. The predicted octanol–water partition coefficient (Wildman–Crippen LogP) is 8.75. The summed E-state index contributed by atoms with van der Waals surface area (Å²) in [4.78, 5) is 17.5. The number of ketones is 1. The lowest BCUT2D eigenvalue weighted by Gasteiger charge is -2.11. The maximum atomic E-state index is 13.9. The molecule has 4 aromatic rings. The summed E-state index contributed by atoms with van der Waals surface area (Å²) in [6.07, 6.45) is 3.77. The molecule has 0 fully saturated rings. The van der Waals surface area contributed by atoms with Gasteiger partial charge in [0.15, 0.2) is 5.78 Å². The summed E-state index contributed by atoms with van der Waals surface area (Å²) < 4.78 is 54.6. The third-order valence-corrected chi connectivity index (χ3v) is 7.10. The molecule has 0 saturated heterocycles. The molecule has 4 rings (SSSR count). The molecule has 0 amide bonds. The van der Waals surface area contributed by atoms with Crippen molar-refractivity contribution < 1.29 is 22.4 Å². The van der Waals surface area contributed by atoms with Gasteiger partial charge in [0.2, 0.25) is 0 Å². The fraction of sp³-hybridized carbons (Fsp3) is 0.294. The number of rotatable bonds is 12. The topological polar surface area (TPSA) is 30.0 Å². The van der Waals surface area contributed by atoms with E-state index in [1.165, 1.54) is 30.3 Å². The summed E-state index contributed by atoms with van der Waals surface area (Å²) in [5.74, 6) is -3.94. The number of carbonyl (C=O) groups excluding carboxylic acids is 1. The number of halogens is 4. The molecule has 208 valence electrons. The third-order valence-electron chi connectivity index (χ3n) is 7.10. The summed E-state index contributed by atoms with van der Waals surface area (Å²) in [6.45, 7) is 2.75. The Morgan fingerprint density at radius 3 is 1.98 bits per heavy atom. The van der Waals surface area contributed by atoms with Crippen LogP contribution in [0.25, 0.3) is 0 Å². The zero-order valence-corrected chi connectivity index (χ0v) is 22.8. The van der Waals surface area contributed by atoms with Crippen molar-refractivity contribution in [3.63, 3.8) is 0 Å². The number of aromatic nitrogens is 1. The highest BCUT2D eigenvalue weighted by molar-refractivity contribution is 5.95. The highest BCUT2D eigenvalue weighted by atomic mass is 19.3. The van der Waals surface area contributed by atoms with Gasteiger partial charge in [-0.1, -0.05) is 60.7 Å². The second-order valence-corrected chi connectivity index (χ2v) is 10.4. The van der Waals surface area contributed by atoms with Gasteiger partial charge in [0.05, 0.1) is 0 Å². The number of Topliss-reactive ketones (excluding diaryl/α,β-unsaturated/α-hetero) is 1. The van der Waals surface area contributed by atoms with Crippen molar-refractivity contribution in [3.05, 3.63) is 135 Å². The zero-order valence-electron chi connectivity index (χ0n) is 22.8.